The van der Waals surface area contributed by atoms with E-state index in [0.29, 0.717) is 6.04 Å². The standard InChI is InChI=1S/C14H21NO/c1-3-4-5-6-11-15-13(2)9-10-14-8-7-12-16-14/h1,7-8,12-13,15H,4-6,9-11H2,2H3. The number of terminal acetylenes is 1. The van der Waals surface area contributed by atoms with Gasteiger partial charge in [0.2, 0.25) is 0 Å². The lowest BCUT2D eigenvalue weighted by atomic mass is 10.1. The third-order valence-electron chi connectivity index (χ3n) is 2.64. The highest BCUT2D eigenvalue weighted by atomic mass is 16.3. The van der Waals surface area contributed by atoms with Gasteiger partial charge in [0.15, 0.2) is 0 Å². The number of nitrogens with one attached hydrogen (secondary N) is 1. The molecule has 0 spiro atoms. The summed E-state index contributed by atoms with van der Waals surface area (Å²) in [5, 5.41) is 3.49. The first-order chi connectivity index (χ1) is 7.83. The van der Waals surface area contributed by atoms with E-state index in [1.54, 1.807) is 6.26 Å². The highest BCUT2D eigenvalue weighted by Crippen LogP contribution is 2.05. The molecule has 0 saturated carbocycles. The third kappa shape index (κ3) is 5.63. The number of unbranched alkanes of at least 4 members (excludes halogenated alkanes) is 2. The maximum absolute atomic E-state index is 5.29. The van der Waals surface area contributed by atoms with E-state index < -0.39 is 0 Å². The van der Waals surface area contributed by atoms with Crippen molar-refractivity contribution >= 4 is 0 Å². The fourth-order valence-electron chi connectivity index (χ4n) is 1.62. The summed E-state index contributed by atoms with van der Waals surface area (Å²) in [6.07, 6.45) is 12.2. The molecule has 1 rings (SSSR count). The Morgan fingerprint density at radius 1 is 1.50 bits per heavy atom. The molecule has 0 radical (unpaired) electrons. The van der Waals surface area contributed by atoms with Crippen LogP contribution in [0.1, 0.15) is 38.4 Å². The molecule has 1 unspecified atom stereocenters. The number of hydrogen-bond acceptors (Lipinski definition) is 2. The van der Waals surface area contributed by atoms with E-state index in [9.17, 15) is 0 Å². The molecule has 2 nitrogen and oxygen atoms in total. The van der Waals surface area contributed by atoms with Gasteiger partial charge in [-0.1, -0.05) is 0 Å². The maximum Gasteiger partial charge on any atom is 0.103 e. The second kappa shape index (κ2) is 8.01. The fourth-order valence-corrected chi connectivity index (χ4v) is 1.62. The van der Waals surface area contributed by atoms with Crippen molar-refractivity contribution in [3.05, 3.63) is 24.2 Å². The van der Waals surface area contributed by atoms with Gasteiger partial charge in [-0.25, -0.2) is 0 Å². The van der Waals surface area contributed by atoms with Crippen LogP contribution in [0.4, 0.5) is 0 Å². The van der Waals surface area contributed by atoms with Gasteiger partial charge in [-0.05, 0) is 44.9 Å². The molecule has 1 aromatic heterocycles. The Morgan fingerprint density at radius 3 is 3.06 bits per heavy atom. The van der Waals surface area contributed by atoms with Crippen molar-refractivity contribution < 1.29 is 4.42 Å². The zero-order chi connectivity index (χ0) is 11.6. The summed E-state index contributed by atoms with van der Waals surface area (Å²) in [6, 6.07) is 4.50. The molecule has 0 aliphatic heterocycles. The fraction of sp³-hybridized carbons (Fsp3) is 0.571. The summed E-state index contributed by atoms with van der Waals surface area (Å²) in [7, 11) is 0. The summed E-state index contributed by atoms with van der Waals surface area (Å²) < 4.78 is 5.29. The highest BCUT2D eigenvalue weighted by molar-refractivity contribution is 4.98. The summed E-state index contributed by atoms with van der Waals surface area (Å²) in [5.74, 6) is 3.73. The topological polar surface area (TPSA) is 25.2 Å². The maximum atomic E-state index is 5.29. The third-order valence-corrected chi connectivity index (χ3v) is 2.64. The number of aryl methyl sites for hydroxylation is 1. The monoisotopic (exact) mass is 219 g/mol. The van der Waals surface area contributed by atoms with Crippen molar-refractivity contribution in [2.45, 2.75) is 45.1 Å². The van der Waals surface area contributed by atoms with Gasteiger partial charge in [-0.15, -0.1) is 12.3 Å². The second-order valence-corrected chi connectivity index (χ2v) is 4.13. The highest BCUT2D eigenvalue weighted by Gasteiger charge is 2.02. The first kappa shape index (κ1) is 12.9. The average Bonchev–Trinajstić information content (AvgIpc) is 2.79. The van der Waals surface area contributed by atoms with Gasteiger partial charge < -0.3 is 9.73 Å². The zero-order valence-electron chi connectivity index (χ0n) is 10.0. The van der Waals surface area contributed by atoms with Crippen LogP contribution in [0.3, 0.4) is 0 Å². The summed E-state index contributed by atoms with van der Waals surface area (Å²) in [4.78, 5) is 0. The second-order valence-electron chi connectivity index (χ2n) is 4.13. The van der Waals surface area contributed by atoms with Crippen molar-refractivity contribution in [3.63, 3.8) is 0 Å². The van der Waals surface area contributed by atoms with Gasteiger partial charge in [0, 0.05) is 18.9 Å². The number of rotatable bonds is 8. The molecule has 1 N–H and O–H groups in total. The average molecular weight is 219 g/mol. The van der Waals surface area contributed by atoms with Gasteiger partial charge in [-0.3, -0.25) is 0 Å². The van der Waals surface area contributed by atoms with Crippen LogP contribution in [0.5, 0.6) is 0 Å². The summed E-state index contributed by atoms with van der Waals surface area (Å²) >= 11 is 0. The smallest absolute Gasteiger partial charge is 0.103 e. The SMILES string of the molecule is C#CCCCCNC(C)CCc1ccco1. The van der Waals surface area contributed by atoms with E-state index in [4.69, 9.17) is 10.8 Å². The minimum absolute atomic E-state index is 0.538. The Hall–Kier alpha value is -1.20. The first-order valence-electron chi connectivity index (χ1n) is 6.02. The lowest BCUT2D eigenvalue weighted by Gasteiger charge is -2.12. The van der Waals surface area contributed by atoms with Gasteiger partial charge >= 0.3 is 0 Å². The Labute approximate surface area is 98.4 Å². The van der Waals surface area contributed by atoms with E-state index in [1.165, 1.54) is 0 Å². The van der Waals surface area contributed by atoms with Crippen molar-refractivity contribution in [1.82, 2.24) is 5.32 Å². The molecule has 0 fully saturated rings. The van der Waals surface area contributed by atoms with Crippen LogP contribution >= 0.6 is 0 Å². The van der Waals surface area contributed by atoms with Gasteiger partial charge in [-0.2, -0.15) is 0 Å². The van der Waals surface area contributed by atoms with Crippen LogP contribution < -0.4 is 5.32 Å². The molecular formula is C14H21NO. The Morgan fingerprint density at radius 2 is 2.38 bits per heavy atom. The molecular weight excluding hydrogens is 198 g/mol. The molecule has 88 valence electrons. The molecule has 1 atom stereocenters. The van der Waals surface area contributed by atoms with E-state index in [1.807, 2.05) is 12.1 Å². The first-order valence-corrected chi connectivity index (χ1v) is 6.02. The van der Waals surface area contributed by atoms with Crippen LogP contribution in [0.15, 0.2) is 22.8 Å². The molecule has 0 saturated heterocycles. The van der Waals surface area contributed by atoms with Gasteiger partial charge in [0.25, 0.3) is 0 Å². The normalized spacial score (nSPS) is 12.2. The molecule has 0 aliphatic rings. The molecule has 2 heteroatoms. The Kier molecular flexibility index (Phi) is 6.44. The van der Waals surface area contributed by atoms with E-state index in [2.05, 4.69) is 18.2 Å². The van der Waals surface area contributed by atoms with E-state index in [-0.39, 0.29) is 0 Å². The molecule has 1 aromatic rings. The summed E-state index contributed by atoms with van der Waals surface area (Å²) in [6.45, 7) is 3.27. The molecule has 0 amide bonds. The molecule has 0 aromatic carbocycles. The lowest BCUT2D eigenvalue weighted by molar-refractivity contribution is 0.456. The van der Waals surface area contributed by atoms with Crippen LogP contribution in [-0.2, 0) is 6.42 Å². The minimum Gasteiger partial charge on any atom is -0.469 e. The van der Waals surface area contributed by atoms with Gasteiger partial charge in [0.1, 0.15) is 5.76 Å². The predicted octanol–water partition coefficient (Wildman–Crippen LogP) is 2.99. The lowest BCUT2D eigenvalue weighted by Crippen LogP contribution is -2.27. The number of hydrogen-bond donors (Lipinski definition) is 1. The Balaban J connectivity index is 1.99. The van der Waals surface area contributed by atoms with Crippen LogP contribution in [-0.4, -0.2) is 12.6 Å². The molecule has 0 bridgehead atoms. The Bertz CT molecular complexity index is 297. The van der Waals surface area contributed by atoms with Crippen molar-refractivity contribution in [2.75, 3.05) is 6.54 Å². The zero-order valence-corrected chi connectivity index (χ0v) is 10.0. The van der Waals surface area contributed by atoms with Crippen molar-refractivity contribution in [3.8, 4) is 12.3 Å². The van der Waals surface area contributed by atoms with Crippen molar-refractivity contribution in [1.29, 1.82) is 0 Å². The largest absolute Gasteiger partial charge is 0.469 e. The van der Waals surface area contributed by atoms with Crippen LogP contribution in [0.2, 0.25) is 0 Å². The van der Waals surface area contributed by atoms with E-state index >= 15 is 0 Å². The number of furan rings is 1. The molecule has 0 aliphatic carbocycles. The minimum atomic E-state index is 0.538. The van der Waals surface area contributed by atoms with Crippen LogP contribution in [0, 0.1) is 12.3 Å². The summed E-state index contributed by atoms with van der Waals surface area (Å²) in [5.41, 5.74) is 0. The predicted molar refractivity (Wildman–Crippen MR) is 67.2 cm³/mol. The quantitative estimate of drug-likeness (QED) is 0.537. The molecule has 1 heterocycles. The van der Waals surface area contributed by atoms with Crippen LogP contribution in [0.25, 0.3) is 0 Å². The van der Waals surface area contributed by atoms with E-state index in [0.717, 1.165) is 44.4 Å². The van der Waals surface area contributed by atoms with Gasteiger partial charge in [0.05, 0.1) is 6.26 Å². The van der Waals surface area contributed by atoms with Crippen molar-refractivity contribution in [2.24, 2.45) is 0 Å². The molecule has 16 heavy (non-hydrogen) atoms.